The highest BCUT2D eigenvalue weighted by Crippen LogP contribution is 2.13. The number of hydrogen-bond donors (Lipinski definition) is 3. The van der Waals surface area contributed by atoms with Crippen LogP contribution in [0.25, 0.3) is 0 Å². The number of aryl methyl sites for hydroxylation is 7. The Kier molecular flexibility index (Phi) is 32.3. The molecule has 0 atom stereocenters. The predicted octanol–water partition coefficient (Wildman–Crippen LogP) is -1.28. The van der Waals surface area contributed by atoms with Gasteiger partial charge in [0.1, 0.15) is 19.6 Å². The number of amides is 5. The lowest BCUT2D eigenvalue weighted by atomic mass is 10.2. The molecular weight excluding hydrogens is 994 g/mol. The van der Waals surface area contributed by atoms with Gasteiger partial charge in [0.05, 0.1) is 0 Å². The zero-order valence-corrected chi connectivity index (χ0v) is 42.3. The van der Waals surface area contributed by atoms with Crippen molar-refractivity contribution in [1.29, 1.82) is 0 Å². The number of aromatic nitrogens is 4. The fourth-order valence-corrected chi connectivity index (χ4v) is 5.68. The summed E-state index contributed by atoms with van der Waals surface area (Å²) in [5, 5.41) is 20.2. The Balaban J connectivity index is 0.000000847. The maximum absolute atomic E-state index is 11.6. The number of carboxylic acid groups (broad SMARTS) is 1. The maximum Gasteiger partial charge on any atom is 0.333 e. The van der Waals surface area contributed by atoms with Crippen molar-refractivity contribution in [3.63, 3.8) is 0 Å². The van der Waals surface area contributed by atoms with Gasteiger partial charge in [-0.05, 0) is 81.3 Å². The van der Waals surface area contributed by atoms with Gasteiger partial charge in [-0.3, -0.25) is 39.0 Å². The van der Waals surface area contributed by atoms with Crippen LogP contribution in [-0.4, -0.2) is 73.9 Å². The van der Waals surface area contributed by atoms with Crippen LogP contribution in [0, 0.1) is 27.7 Å². The molecule has 19 heteroatoms. The number of aliphatic carboxylic acids is 1. The molecule has 3 N–H and O–H groups in total. The zero-order chi connectivity index (χ0) is 48.0. The average Bonchev–Trinajstić information content (AvgIpc) is 3.77. The van der Waals surface area contributed by atoms with Crippen LogP contribution in [0.2, 0.25) is 0 Å². The molecular formula is C48H66Br2N7O10+. The second-order valence-electron chi connectivity index (χ2n) is 15.4. The average molecular weight is 1060 g/mol. The molecule has 4 aromatic heterocycles. The number of nitrogens with one attached hydrogen (secondary N) is 1. The van der Waals surface area contributed by atoms with Gasteiger partial charge in [-0.1, -0.05) is 0 Å². The van der Waals surface area contributed by atoms with Crippen molar-refractivity contribution in [2.45, 2.75) is 131 Å². The Morgan fingerprint density at radius 3 is 1.22 bits per heavy atom. The van der Waals surface area contributed by atoms with Gasteiger partial charge in [0.15, 0.2) is 37.2 Å². The summed E-state index contributed by atoms with van der Waals surface area (Å²) in [6.45, 7) is 10.9. The van der Waals surface area contributed by atoms with Crippen molar-refractivity contribution >= 4 is 41.5 Å². The molecule has 6 rings (SSSR count). The van der Waals surface area contributed by atoms with E-state index in [4.69, 9.17) is 15.2 Å². The van der Waals surface area contributed by atoms with E-state index >= 15 is 0 Å². The first kappa shape index (κ1) is 61.2. The number of rotatable bonds is 16. The third-order valence-electron chi connectivity index (χ3n) is 9.70. The number of nitrogens with zero attached hydrogens (tertiary/aromatic N) is 6. The summed E-state index contributed by atoms with van der Waals surface area (Å²) in [7, 11) is 1.68. The van der Waals surface area contributed by atoms with Crippen LogP contribution in [-0.2, 0) is 58.0 Å². The molecule has 17 nitrogen and oxygen atoms in total. The summed E-state index contributed by atoms with van der Waals surface area (Å²) in [4.78, 5) is 84.5. The summed E-state index contributed by atoms with van der Waals surface area (Å²) in [5.41, 5.74) is 4.98. The van der Waals surface area contributed by atoms with Gasteiger partial charge < -0.3 is 49.2 Å². The number of halogens is 2. The van der Waals surface area contributed by atoms with Gasteiger partial charge >= 0.3 is 11.9 Å². The topological polar surface area (TPSA) is 212 Å². The first-order valence-electron chi connectivity index (χ1n) is 21.8. The van der Waals surface area contributed by atoms with Crippen molar-refractivity contribution in [1.82, 2.24) is 20.4 Å². The fourth-order valence-electron chi connectivity index (χ4n) is 5.68. The van der Waals surface area contributed by atoms with E-state index < -0.39 is 35.6 Å². The van der Waals surface area contributed by atoms with Crippen molar-refractivity contribution in [3.8, 4) is 0 Å². The number of imide groups is 2. The standard InChI is InChI=1S/C15H19N2O4.C12H18N2O.C11H15NO2.C6H7N.C4H5NO3.2BrH/c1-12-7-10-16(11-8-12)9-3-2-4-15(20)21-17-13(18)5-6-14(17)19;1-11-6-9-14(10-7-11)8-4-3-5-12(15)13-2;1-10-5-8-12(9-6-10)7-3-2-4-11(13)14;1-6-2-4-7-5-3-6;6-3-1-2-4(7)5(3)8;;/h7-8,10-11H,2-6,9H2,1H3;6-7,9-10H,3-5,8H2,1-2H3;5-6,8-9H,2-4,7H2,1H3;2-5H,1H3;8H,1-2H2;2*1H/q+1;;;;;;. The van der Waals surface area contributed by atoms with Gasteiger partial charge in [-0.25, -0.2) is 18.5 Å². The summed E-state index contributed by atoms with van der Waals surface area (Å²) in [6.07, 6.45) is 22.5. The Morgan fingerprint density at radius 1 is 0.567 bits per heavy atom. The van der Waals surface area contributed by atoms with Crippen LogP contribution in [0.3, 0.4) is 0 Å². The van der Waals surface area contributed by atoms with Crippen LogP contribution in [0.4, 0.5) is 0 Å². The predicted molar refractivity (Wildman–Crippen MR) is 236 cm³/mol. The maximum atomic E-state index is 11.6. The van der Waals surface area contributed by atoms with Crippen molar-refractivity contribution in [2.24, 2.45) is 0 Å². The van der Waals surface area contributed by atoms with Crippen molar-refractivity contribution in [3.05, 3.63) is 120 Å². The van der Waals surface area contributed by atoms with Crippen LogP contribution >= 0.6 is 0 Å². The molecule has 0 unspecified atom stereocenters. The van der Waals surface area contributed by atoms with Crippen LogP contribution in [0.15, 0.2) is 98.1 Å². The number of hydrogen-bond acceptors (Lipinski definition) is 10. The Labute approximate surface area is 414 Å². The highest BCUT2D eigenvalue weighted by molar-refractivity contribution is 6.01. The molecule has 2 aliphatic rings. The molecule has 2 fully saturated rings. The third kappa shape index (κ3) is 28.1. The minimum absolute atomic E-state index is 0. The van der Waals surface area contributed by atoms with Crippen LogP contribution in [0.1, 0.15) is 106 Å². The van der Waals surface area contributed by atoms with Crippen LogP contribution < -0.4 is 53.0 Å². The molecule has 2 aliphatic heterocycles. The largest absolute Gasteiger partial charge is 1.00 e. The molecule has 4 aromatic rings. The lowest BCUT2D eigenvalue weighted by Gasteiger charge is -2.12. The number of carbonyl (C=O) groups excluding carboxylic acids is 6. The van der Waals surface area contributed by atoms with E-state index in [0.29, 0.717) is 17.9 Å². The number of hydroxylamine groups is 4. The molecule has 0 aliphatic carbocycles. The van der Waals surface area contributed by atoms with Gasteiger partial charge in [-0.2, -0.15) is 5.06 Å². The summed E-state index contributed by atoms with van der Waals surface area (Å²) in [5.74, 6) is -3.01. The van der Waals surface area contributed by atoms with E-state index in [1.54, 1.807) is 19.4 Å². The first-order chi connectivity index (χ1) is 31.1. The molecule has 366 valence electrons. The number of unbranched alkanes of at least 4 members (excludes halogenated alkanes) is 3. The van der Waals surface area contributed by atoms with E-state index in [9.17, 15) is 33.6 Å². The van der Waals surface area contributed by atoms with Gasteiger partial charge in [0.2, 0.25) is 5.91 Å². The summed E-state index contributed by atoms with van der Waals surface area (Å²) >= 11 is 0. The van der Waals surface area contributed by atoms with E-state index in [-0.39, 0.29) is 83.5 Å². The van der Waals surface area contributed by atoms with E-state index in [1.807, 2.05) is 67.5 Å². The molecule has 67 heavy (non-hydrogen) atoms. The summed E-state index contributed by atoms with van der Waals surface area (Å²) in [6, 6.07) is 16.3. The molecule has 6 heterocycles. The molecule has 5 amide bonds. The van der Waals surface area contributed by atoms with E-state index in [1.165, 1.54) is 22.3 Å². The smallest absolute Gasteiger partial charge is 0.333 e. The monoisotopic (exact) mass is 1060 g/mol. The molecule has 2 saturated heterocycles. The number of carbonyl (C=O) groups is 7. The molecule has 0 bridgehead atoms. The minimum Gasteiger partial charge on any atom is -1.00 e. The number of pyridine rings is 4. The lowest BCUT2D eigenvalue weighted by molar-refractivity contribution is -0.697. The molecule has 0 saturated carbocycles. The number of carboxylic acids is 1. The Morgan fingerprint density at radius 2 is 0.910 bits per heavy atom. The second-order valence-corrected chi connectivity index (χ2v) is 15.4. The van der Waals surface area contributed by atoms with Gasteiger partial charge in [0.25, 0.3) is 23.6 Å². The fraction of sp³-hybridized carbons (Fsp3) is 0.438. The SMILES string of the molecule is CNC(=O)CCCC[n+]1ccc(C)cc1.Cc1cc[n+](CCCCC(=O)O)cc1.Cc1cc[n+](CCCCC(=O)ON2C(=O)CCC2=O)cc1.Cc1ccncc1.O=C1CCC(=O)N1O.[Br-].[Br-]. The quantitative estimate of drug-likeness (QED) is 0.0521. The van der Waals surface area contributed by atoms with Gasteiger partial charge in [-0.15, -0.1) is 5.06 Å². The van der Waals surface area contributed by atoms with Crippen molar-refractivity contribution in [2.75, 3.05) is 7.05 Å². The summed E-state index contributed by atoms with van der Waals surface area (Å²) < 4.78 is 6.28. The first-order valence-corrected chi connectivity index (χ1v) is 21.8. The van der Waals surface area contributed by atoms with Crippen LogP contribution in [0.5, 0.6) is 0 Å². The third-order valence-corrected chi connectivity index (χ3v) is 9.70. The molecule has 0 radical (unpaired) electrons. The van der Waals surface area contributed by atoms with Crippen molar-refractivity contribution < 1.29 is 96.4 Å². The van der Waals surface area contributed by atoms with E-state index in [0.717, 1.165) is 51.7 Å². The Bertz CT molecular complexity index is 2060. The van der Waals surface area contributed by atoms with Gasteiger partial charge in [0, 0.05) is 120 Å². The zero-order valence-electron chi connectivity index (χ0n) is 39.2. The normalized spacial score (nSPS) is 12.3. The lowest BCUT2D eigenvalue weighted by Crippen LogP contribution is -3.00. The van der Waals surface area contributed by atoms with E-state index in [2.05, 4.69) is 69.9 Å². The highest BCUT2D eigenvalue weighted by atomic mass is 79.9. The molecule has 0 spiro atoms. The molecule has 0 aromatic carbocycles. The second kappa shape index (κ2) is 35.4. The minimum atomic E-state index is -0.709. The highest BCUT2D eigenvalue weighted by Gasteiger charge is 2.32. The Hall–Kier alpha value is -5.79.